The van der Waals surface area contributed by atoms with Gasteiger partial charge in [-0.25, -0.2) is 4.98 Å². The number of nitrogens with zero attached hydrogens (tertiary/aromatic N) is 4. The third-order valence-corrected chi connectivity index (χ3v) is 1.39. The van der Waals surface area contributed by atoms with Crippen LogP contribution in [0, 0.1) is 0 Å². The van der Waals surface area contributed by atoms with E-state index in [0.29, 0.717) is 17.2 Å². The molecule has 0 amide bonds. The molecule has 0 bridgehead atoms. The van der Waals surface area contributed by atoms with Crippen LogP contribution < -0.4 is 5.73 Å². The number of rotatable bonds is 1. The highest BCUT2D eigenvalue weighted by molar-refractivity contribution is 5.66. The van der Waals surface area contributed by atoms with Gasteiger partial charge in [-0.3, -0.25) is 5.10 Å². The Balaban J connectivity index is 2.51. The standard InChI is InChI=1S/C6H6N6/c7-5-4(3-10-11-5)6-8-1-2-9-12-6/h1-3H,(H3,7,10,11). The van der Waals surface area contributed by atoms with Crippen molar-refractivity contribution in [3.63, 3.8) is 0 Å². The predicted molar refractivity (Wildman–Crippen MR) is 41.8 cm³/mol. The van der Waals surface area contributed by atoms with Crippen molar-refractivity contribution in [3.8, 4) is 11.4 Å². The first-order valence-electron chi connectivity index (χ1n) is 3.31. The Morgan fingerprint density at radius 1 is 1.33 bits per heavy atom. The van der Waals surface area contributed by atoms with E-state index in [1.54, 1.807) is 12.4 Å². The lowest BCUT2D eigenvalue weighted by molar-refractivity contribution is 0.980. The average molecular weight is 162 g/mol. The Morgan fingerprint density at radius 2 is 2.25 bits per heavy atom. The first-order chi connectivity index (χ1) is 5.88. The van der Waals surface area contributed by atoms with Crippen molar-refractivity contribution < 1.29 is 0 Å². The van der Waals surface area contributed by atoms with E-state index in [2.05, 4.69) is 25.4 Å². The number of nitrogen functional groups attached to an aromatic ring is 1. The molecule has 0 aliphatic carbocycles. The molecule has 0 atom stereocenters. The number of hydrogen-bond donors (Lipinski definition) is 2. The van der Waals surface area contributed by atoms with Gasteiger partial charge in [0.15, 0.2) is 5.82 Å². The Kier molecular flexibility index (Phi) is 1.44. The van der Waals surface area contributed by atoms with Gasteiger partial charge in [0.2, 0.25) is 0 Å². The van der Waals surface area contributed by atoms with Gasteiger partial charge in [-0.1, -0.05) is 0 Å². The van der Waals surface area contributed by atoms with Crippen molar-refractivity contribution in [1.82, 2.24) is 25.4 Å². The molecule has 6 heteroatoms. The second-order valence-corrected chi connectivity index (χ2v) is 2.16. The van der Waals surface area contributed by atoms with E-state index < -0.39 is 0 Å². The number of anilines is 1. The van der Waals surface area contributed by atoms with E-state index in [1.165, 1.54) is 6.20 Å². The molecule has 2 aromatic rings. The Hall–Kier alpha value is -1.98. The molecule has 2 rings (SSSR count). The number of nitrogens with two attached hydrogens (primary N) is 1. The third-order valence-electron chi connectivity index (χ3n) is 1.39. The molecule has 2 heterocycles. The summed E-state index contributed by atoms with van der Waals surface area (Å²) in [4.78, 5) is 3.97. The minimum atomic E-state index is 0.447. The van der Waals surface area contributed by atoms with Crippen LogP contribution in [-0.2, 0) is 0 Å². The van der Waals surface area contributed by atoms with Crippen molar-refractivity contribution in [2.75, 3.05) is 5.73 Å². The van der Waals surface area contributed by atoms with Crippen molar-refractivity contribution >= 4 is 5.82 Å². The monoisotopic (exact) mass is 162 g/mol. The van der Waals surface area contributed by atoms with Gasteiger partial charge < -0.3 is 5.73 Å². The number of aromatic nitrogens is 5. The molecule has 6 nitrogen and oxygen atoms in total. The van der Waals surface area contributed by atoms with Crippen LogP contribution in [0.25, 0.3) is 11.4 Å². The highest BCUT2D eigenvalue weighted by atomic mass is 15.2. The molecule has 60 valence electrons. The first kappa shape index (κ1) is 6.71. The molecule has 0 spiro atoms. The van der Waals surface area contributed by atoms with Gasteiger partial charge in [-0.15, -0.1) is 5.10 Å². The van der Waals surface area contributed by atoms with E-state index in [-0.39, 0.29) is 0 Å². The molecule has 0 radical (unpaired) electrons. The lowest BCUT2D eigenvalue weighted by Gasteiger charge is -1.92. The summed E-state index contributed by atoms with van der Waals surface area (Å²) >= 11 is 0. The highest BCUT2D eigenvalue weighted by Gasteiger charge is 2.06. The summed E-state index contributed by atoms with van der Waals surface area (Å²) in [5.41, 5.74) is 6.22. The van der Waals surface area contributed by atoms with E-state index >= 15 is 0 Å². The average Bonchev–Trinajstić information content (AvgIpc) is 2.53. The second kappa shape index (κ2) is 2.57. The molecule has 0 fully saturated rings. The largest absolute Gasteiger partial charge is 0.383 e. The van der Waals surface area contributed by atoms with Crippen LogP contribution in [-0.4, -0.2) is 25.4 Å². The zero-order valence-corrected chi connectivity index (χ0v) is 6.10. The maximum Gasteiger partial charge on any atom is 0.187 e. The normalized spacial score (nSPS) is 10.0. The topological polar surface area (TPSA) is 93.4 Å². The lowest BCUT2D eigenvalue weighted by atomic mass is 10.3. The zero-order valence-electron chi connectivity index (χ0n) is 6.10. The van der Waals surface area contributed by atoms with Crippen molar-refractivity contribution in [2.24, 2.45) is 0 Å². The van der Waals surface area contributed by atoms with Crippen LogP contribution in [0.2, 0.25) is 0 Å². The zero-order chi connectivity index (χ0) is 8.39. The van der Waals surface area contributed by atoms with Gasteiger partial charge >= 0.3 is 0 Å². The maximum absolute atomic E-state index is 5.55. The van der Waals surface area contributed by atoms with Crippen molar-refractivity contribution in [3.05, 3.63) is 18.6 Å². The second-order valence-electron chi connectivity index (χ2n) is 2.16. The van der Waals surface area contributed by atoms with Crippen LogP contribution >= 0.6 is 0 Å². The number of nitrogens with one attached hydrogen (secondary N) is 1. The Bertz CT molecular complexity index is 367. The van der Waals surface area contributed by atoms with Crippen LogP contribution in [0.5, 0.6) is 0 Å². The smallest absolute Gasteiger partial charge is 0.187 e. The molecule has 0 aliphatic rings. The van der Waals surface area contributed by atoms with E-state index in [0.717, 1.165) is 0 Å². The van der Waals surface area contributed by atoms with Crippen LogP contribution in [0.3, 0.4) is 0 Å². The van der Waals surface area contributed by atoms with Gasteiger partial charge in [0.05, 0.1) is 18.0 Å². The number of aromatic amines is 1. The first-order valence-corrected chi connectivity index (χ1v) is 3.31. The predicted octanol–water partition coefficient (Wildman–Crippen LogP) is -0.156. The van der Waals surface area contributed by atoms with Crippen LogP contribution in [0.4, 0.5) is 5.82 Å². The molecule has 0 unspecified atom stereocenters. The molecule has 3 N–H and O–H groups in total. The molecule has 0 aromatic carbocycles. The van der Waals surface area contributed by atoms with Crippen molar-refractivity contribution in [1.29, 1.82) is 0 Å². The highest BCUT2D eigenvalue weighted by Crippen LogP contribution is 2.17. The van der Waals surface area contributed by atoms with Gasteiger partial charge in [0.1, 0.15) is 5.82 Å². The SMILES string of the molecule is Nc1[nH]ncc1-c1nccnn1. The Labute approximate surface area is 67.9 Å². The van der Waals surface area contributed by atoms with E-state index in [4.69, 9.17) is 5.73 Å². The van der Waals surface area contributed by atoms with E-state index in [9.17, 15) is 0 Å². The Morgan fingerprint density at radius 3 is 2.83 bits per heavy atom. The molecule has 2 aromatic heterocycles. The summed E-state index contributed by atoms with van der Waals surface area (Å²) in [5.74, 6) is 0.923. The minimum absolute atomic E-state index is 0.447. The van der Waals surface area contributed by atoms with E-state index in [1.807, 2.05) is 0 Å². The fourth-order valence-corrected chi connectivity index (χ4v) is 0.845. The van der Waals surface area contributed by atoms with Gasteiger partial charge in [0, 0.05) is 6.20 Å². The molecule has 0 aliphatic heterocycles. The van der Waals surface area contributed by atoms with Gasteiger partial charge in [-0.2, -0.15) is 10.2 Å². The summed E-state index contributed by atoms with van der Waals surface area (Å²) < 4.78 is 0. The fraction of sp³-hybridized carbons (Fsp3) is 0. The quantitative estimate of drug-likeness (QED) is 0.607. The maximum atomic E-state index is 5.55. The fourth-order valence-electron chi connectivity index (χ4n) is 0.845. The summed E-state index contributed by atoms with van der Waals surface area (Å²) in [6, 6.07) is 0. The molecule has 12 heavy (non-hydrogen) atoms. The molecule has 0 saturated carbocycles. The summed E-state index contributed by atoms with van der Waals surface area (Å²) in [6.07, 6.45) is 4.61. The molecular weight excluding hydrogens is 156 g/mol. The lowest BCUT2D eigenvalue weighted by Crippen LogP contribution is -1.93. The molecule has 0 saturated heterocycles. The van der Waals surface area contributed by atoms with Gasteiger partial charge in [0.25, 0.3) is 0 Å². The van der Waals surface area contributed by atoms with Crippen LogP contribution in [0.1, 0.15) is 0 Å². The van der Waals surface area contributed by atoms with Crippen molar-refractivity contribution in [2.45, 2.75) is 0 Å². The summed E-state index contributed by atoms with van der Waals surface area (Å²) in [7, 11) is 0. The number of H-pyrrole nitrogens is 1. The minimum Gasteiger partial charge on any atom is -0.383 e. The summed E-state index contributed by atoms with van der Waals surface area (Å²) in [6.45, 7) is 0. The molecular formula is C6H6N6. The summed E-state index contributed by atoms with van der Waals surface area (Å²) in [5, 5.41) is 13.8. The van der Waals surface area contributed by atoms with Gasteiger partial charge in [-0.05, 0) is 0 Å². The van der Waals surface area contributed by atoms with Crippen LogP contribution in [0.15, 0.2) is 18.6 Å². The number of hydrogen-bond acceptors (Lipinski definition) is 5. The third kappa shape index (κ3) is 0.986.